The number of benzene rings is 3. The monoisotopic (exact) mass is 290 g/mol. The molecule has 0 fully saturated rings. The summed E-state index contributed by atoms with van der Waals surface area (Å²) in [4.78, 5) is 4.80. The summed E-state index contributed by atoms with van der Waals surface area (Å²) in [5.74, 6) is 0. The molecule has 0 spiro atoms. The van der Waals surface area contributed by atoms with Crippen LogP contribution in [0, 0.1) is 0 Å². The Morgan fingerprint density at radius 2 is 1.33 bits per heavy atom. The van der Waals surface area contributed by atoms with Gasteiger partial charge in [0.05, 0.1) is 11.4 Å². The molecule has 0 radical (unpaired) electrons. The van der Waals surface area contributed by atoms with Gasteiger partial charge in [0.25, 0.3) is 0 Å². The average molecular weight is 290 g/mol. The number of rotatable bonds is 1. The fraction of sp³-hybridized carbons (Fsp3) is 0. The predicted molar refractivity (Wildman–Crippen MR) is 89.7 cm³/mol. The van der Waals surface area contributed by atoms with E-state index in [-0.39, 0.29) is 0 Å². The van der Waals surface area contributed by atoms with E-state index in [4.69, 9.17) is 5.73 Å². The van der Waals surface area contributed by atoms with Crippen LogP contribution in [0.5, 0.6) is 0 Å². The van der Waals surface area contributed by atoms with Crippen molar-refractivity contribution in [1.82, 2.24) is 0 Å². The number of anilines is 4. The van der Waals surface area contributed by atoms with Crippen LogP contribution in [0.1, 0.15) is 0 Å². The largest absolute Gasteiger partial charge is 0.399 e. The summed E-state index contributed by atoms with van der Waals surface area (Å²) in [6.07, 6.45) is 0. The van der Waals surface area contributed by atoms with Crippen molar-refractivity contribution in [3.05, 3.63) is 72.8 Å². The number of hydrogen-bond donors (Lipinski definition) is 1. The Morgan fingerprint density at radius 1 is 0.714 bits per heavy atom. The quantitative estimate of drug-likeness (QED) is 0.488. The summed E-state index contributed by atoms with van der Waals surface area (Å²) >= 11 is 1.81. The van der Waals surface area contributed by atoms with Crippen LogP contribution in [0.15, 0.2) is 82.6 Å². The second-order valence-corrected chi connectivity index (χ2v) is 6.05. The van der Waals surface area contributed by atoms with Gasteiger partial charge in [-0.3, -0.25) is 0 Å². The molecule has 0 aromatic heterocycles. The molecule has 0 aliphatic carbocycles. The van der Waals surface area contributed by atoms with Gasteiger partial charge in [0, 0.05) is 21.2 Å². The zero-order chi connectivity index (χ0) is 14.2. The lowest BCUT2D eigenvalue weighted by Crippen LogP contribution is -2.14. The van der Waals surface area contributed by atoms with Crippen molar-refractivity contribution < 1.29 is 0 Å². The van der Waals surface area contributed by atoms with Crippen LogP contribution >= 0.6 is 11.8 Å². The van der Waals surface area contributed by atoms with Gasteiger partial charge in [0.15, 0.2) is 0 Å². The molecule has 102 valence electrons. The molecule has 3 heteroatoms. The van der Waals surface area contributed by atoms with E-state index in [1.54, 1.807) is 0 Å². The molecule has 0 bridgehead atoms. The molecule has 21 heavy (non-hydrogen) atoms. The SMILES string of the molecule is Nc1cccc(N2c3ccccc3Sc3ccccc32)c1. The van der Waals surface area contributed by atoms with Gasteiger partial charge in [-0.25, -0.2) is 0 Å². The van der Waals surface area contributed by atoms with E-state index in [0.717, 1.165) is 11.4 Å². The highest BCUT2D eigenvalue weighted by atomic mass is 32.2. The molecule has 4 rings (SSSR count). The Labute approximate surface area is 128 Å². The molecule has 0 atom stereocenters. The van der Waals surface area contributed by atoms with Crippen LogP contribution in [0.2, 0.25) is 0 Å². The molecule has 2 nitrogen and oxygen atoms in total. The molecule has 3 aromatic rings. The molecule has 1 aliphatic rings. The van der Waals surface area contributed by atoms with E-state index >= 15 is 0 Å². The second-order valence-electron chi connectivity index (χ2n) is 4.97. The molecule has 0 saturated heterocycles. The summed E-state index contributed by atoms with van der Waals surface area (Å²) in [6.45, 7) is 0. The number of nitrogens with zero attached hydrogens (tertiary/aromatic N) is 1. The molecule has 0 unspecified atom stereocenters. The first-order valence-electron chi connectivity index (χ1n) is 6.84. The van der Waals surface area contributed by atoms with Crippen molar-refractivity contribution >= 4 is 34.5 Å². The Kier molecular flexibility index (Phi) is 2.86. The van der Waals surface area contributed by atoms with Gasteiger partial charge >= 0.3 is 0 Å². The minimum Gasteiger partial charge on any atom is -0.399 e. The molecule has 0 saturated carbocycles. The number of nitrogens with two attached hydrogens (primary N) is 1. The number of para-hydroxylation sites is 2. The Hall–Kier alpha value is -2.39. The third-order valence-electron chi connectivity index (χ3n) is 3.56. The van der Waals surface area contributed by atoms with Crippen LogP contribution in [0.25, 0.3) is 0 Å². The summed E-state index contributed by atoms with van der Waals surface area (Å²) < 4.78 is 0. The Morgan fingerprint density at radius 3 is 1.95 bits per heavy atom. The number of hydrogen-bond acceptors (Lipinski definition) is 3. The molecular weight excluding hydrogens is 276 g/mol. The van der Waals surface area contributed by atoms with Gasteiger partial charge < -0.3 is 10.6 Å². The van der Waals surface area contributed by atoms with Crippen molar-refractivity contribution in [2.45, 2.75) is 9.79 Å². The van der Waals surface area contributed by atoms with E-state index < -0.39 is 0 Å². The van der Waals surface area contributed by atoms with Gasteiger partial charge in [-0.05, 0) is 42.5 Å². The lowest BCUT2D eigenvalue weighted by molar-refractivity contribution is 1.17. The van der Waals surface area contributed by atoms with E-state index in [2.05, 4.69) is 59.5 Å². The van der Waals surface area contributed by atoms with E-state index in [9.17, 15) is 0 Å². The van der Waals surface area contributed by atoms with E-state index in [1.165, 1.54) is 21.2 Å². The molecule has 0 amide bonds. The van der Waals surface area contributed by atoms with Crippen molar-refractivity contribution in [3.8, 4) is 0 Å². The average Bonchev–Trinajstić information content (AvgIpc) is 2.52. The first-order chi connectivity index (χ1) is 10.3. The lowest BCUT2D eigenvalue weighted by Gasteiger charge is -2.32. The molecular formula is C18H14N2S. The van der Waals surface area contributed by atoms with Crippen LogP contribution in [-0.2, 0) is 0 Å². The van der Waals surface area contributed by atoms with Crippen molar-refractivity contribution in [3.63, 3.8) is 0 Å². The first-order valence-corrected chi connectivity index (χ1v) is 7.66. The summed E-state index contributed by atoms with van der Waals surface area (Å²) in [7, 11) is 0. The van der Waals surface area contributed by atoms with E-state index in [1.807, 2.05) is 30.0 Å². The first kappa shape index (κ1) is 12.4. The lowest BCUT2D eigenvalue weighted by atomic mass is 10.1. The third-order valence-corrected chi connectivity index (χ3v) is 4.69. The van der Waals surface area contributed by atoms with Gasteiger partial charge in [-0.1, -0.05) is 42.1 Å². The maximum atomic E-state index is 5.97. The standard InChI is InChI=1S/C18H14N2S/c19-13-6-5-7-14(12-13)20-15-8-1-3-10-17(15)21-18-11-4-2-9-16(18)20/h1-12H,19H2. The van der Waals surface area contributed by atoms with Gasteiger partial charge in [-0.15, -0.1) is 0 Å². The van der Waals surface area contributed by atoms with Crippen molar-refractivity contribution in [2.75, 3.05) is 10.6 Å². The smallest absolute Gasteiger partial charge is 0.0601 e. The van der Waals surface area contributed by atoms with Crippen molar-refractivity contribution in [1.29, 1.82) is 0 Å². The van der Waals surface area contributed by atoms with Crippen LogP contribution in [0.3, 0.4) is 0 Å². The Balaban J connectivity index is 1.97. The second kappa shape index (κ2) is 4.86. The highest BCUT2D eigenvalue weighted by molar-refractivity contribution is 7.99. The van der Waals surface area contributed by atoms with Gasteiger partial charge in [0.1, 0.15) is 0 Å². The Bertz CT molecular complexity index is 768. The minimum atomic E-state index is 0.778. The van der Waals surface area contributed by atoms with Gasteiger partial charge in [0.2, 0.25) is 0 Å². The highest BCUT2D eigenvalue weighted by Gasteiger charge is 2.23. The van der Waals surface area contributed by atoms with Gasteiger partial charge in [-0.2, -0.15) is 0 Å². The zero-order valence-corrected chi connectivity index (χ0v) is 12.2. The summed E-state index contributed by atoms with van der Waals surface area (Å²) in [5.41, 5.74) is 10.2. The number of fused-ring (bicyclic) bond motifs is 2. The minimum absolute atomic E-state index is 0.778. The topological polar surface area (TPSA) is 29.3 Å². The molecule has 1 heterocycles. The molecule has 2 N–H and O–H groups in total. The van der Waals surface area contributed by atoms with Crippen LogP contribution < -0.4 is 10.6 Å². The normalized spacial score (nSPS) is 12.7. The zero-order valence-electron chi connectivity index (χ0n) is 11.4. The van der Waals surface area contributed by atoms with E-state index in [0.29, 0.717) is 0 Å². The molecule has 1 aliphatic heterocycles. The van der Waals surface area contributed by atoms with Crippen LogP contribution in [0.4, 0.5) is 22.7 Å². The fourth-order valence-electron chi connectivity index (χ4n) is 2.65. The summed E-state index contributed by atoms with van der Waals surface area (Å²) in [5, 5.41) is 0. The fourth-order valence-corrected chi connectivity index (χ4v) is 3.70. The van der Waals surface area contributed by atoms with Crippen LogP contribution in [-0.4, -0.2) is 0 Å². The summed E-state index contributed by atoms with van der Waals surface area (Å²) in [6, 6.07) is 25.0. The maximum absolute atomic E-state index is 5.97. The van der Waals surface area contributed by atoms with Crippen molar-refractivity contribution in [2.24, 2.45) is 0 Å². The third kappa shape index (κ3) is 2.06. The predicted octanol–water partition coefficient (Wildman–Crippen LogP) is 5.20. The maximum Gasteiger partial charge on any atom is 0.0601 e. The molecule has 3 aromatic carbocycles. The number of nitrogen functional groups attached to an aromatic ring is 1. The highest BCUT2D eigenvalue weighted by Crippen LogP contribution is 2.51.